The molecule has 0 atom stereocenters. The van der Waals surface area contributed by atoms with E-state index in [1.165, 1.54) is 45.6 Å². The van der Waals surface area contributed by atoms with Crippen molar-refractivity contribution >= 4 is 26.6 Å². The lowest BCUT2D eigenvalue weighted by Gasteiger charge is -2.17. The summed E-state index contributed by atoms with van der Waals surface area (Å²) in [7, 11) is -0.302. The Morgan fingerprint density at radius 2 is 1.49 bits per heavy atom. The van der Waals surface area contributed by atoms with Gasteiger partial charge in [-0.05, 0) is 36.4 Å². The molecule has 4 aromatic rings. The Kier molecular flexibility index (Phi) is 7.03. The van der Waals surface area contributed by atoms with Crippen molar-refractivity contribution in [1.29, 1.82) is 0 Å². The first-order valence-electron chi connectivity index (χ1n) is 10.6. The molecule has 0 bridgehead atoms. The molecule has 1 N–H and O–H groups in total. The summed E-state index contributed by atoms with van der Waals surface area (Å²) in [5.41, 5.74) is -0.773. The molecule has 1 aromatic heterocycles. The highest BCUT2D eigenvalue weighted by Crippen LogP contribution is 2.39. The van der Waals surface area contributed by atoms with Crippen LogP contribution in [-0.4, -0.2) is 34.7 Å². The summed E-state index contributed by atoms with van der Waals surface area (Å²) < 4.78 is 89.9. The molecule has 4 rings (SSSR count). The predicted molar refractivity (Wildman–Crippen MR) is 130 cm³/mol. The van der Waals surface area contributed by atoms with E-state index in [9.17, 15) is 21.6 Å². The van der Waals surface area contributed by atoms with Gasteiger partial charge in [0.25, 0.3) is 10.0 Å². The molecule has 0 radical (unpaired) electrons. The zero-order valence-electron chi connectivity index (χ0n) is 19.8. The van der Waals surface area contributed by atoms with E-state index >= 15 is 0 Å². The molecule has 0 aliphatic heterocycles. The maximum atomic E-state index is 13.4. The molecule has 0 fully saturated rings. The summed E-state index contributed by atoms with van der Waals surface area (Å²) >= 11 is 0. The Morgan fingerprint density at radius 3 is 2.16 bits per heavy atom. The molecular formula is C25H21F3N2O6S. The highest BCUT2D eigenvalue weighted by molar-refractivity contribution is 7.92. The first-order chi connectivity index (χ1) is 17.6. The van der Waals surface area contributed by atoms with E-state index in [0.717, 1.165) is 12.1 Å². The Bertz CT molecular complexity index is 1560. The lowest BCUT2D eigenvalue weighted by atomic mass is 10.2. The third-order valence-corrected chi connectivity index (χ3v) is 6.76. The van der Waals surface area contributed by atoms with Crippen molar-refractivity contribution in [3.05, 3.63) is 72.4 Å². The number of aromatic nitrogens is 1. The van der Waals surface area contributed by atoms with Crippen molar-refractivity contribution in [2.75, 3.05) is 26.1 Å². The molecule has 0 saturated heterocycles. The number of fused-ring (bicyclic) bond motifs is 1. The lowest BCUT2D eigenvalue weighted by molar-refractivity contribution is -0.139. The monoisotopic (exact) mass is 534 g/mol. The fraction of sp³-hybridized carbons (Fsp3) is 0.160. The van der Waals surface area contributed by atoms with Crippen LogP contribution in [0.15, 0.2) is 71.8 Å². The zero-order valence-corrected chi connectivity index (χ0v) is 20.6. The summed E-state index contributed by atoms with van der Waals surface area (Å²) in [6.45, 7) is 0. The number of rotatable bonds is 8. The van der Waals surface area contributed by atoms with Crippen LogP contribution in [0.2, 0.25) is 0 Å². The van der Waals surface area contributed by atoms with E-state index < -0.39 is 26.7 Å². The standard InChI is InChI=1S/C25H21F3N2O6S/c1-33-21-12-15(36-20-10-11-29-19-14-23(35-3)22(34-2)13-16(19)20)8-9-18(21)30-37(31,32)24-7-5-4-6-17(24)25(26,27)28/h4-14,30H,1-3H3. The summed E-state index contributed by atoms with van der Waals surface area (Å²) in [6, 6.07) is 13.1. The summed E-state index contributed by atoms with van der Waals surface area (Å²) in [4.78, 5) is 3.41. The first-order valence-corrected chi connectivity index (χ1v) is 12.1. The maximum absolute atomic E-state index is 13.4. The van der Waals surface area contributed by atoms with E-state index in [4.69, 9.17) is 18.9 Å². The van der Waals surface area contributed by atoms with Crippen LogP contribution in [-0.2, 0) is 16.2 Å². The molecule has 0 aliphatic rings. The number of methoxy groups -OCH3 is 3. The highest BCUT2D eigenvalue weighted by atomic mass is 32.2. The number of nitrogens with zero attached hydrogens (tertiary/aromatic N) is 1. The van der Waals surface area contributed by atoms with Crippen LogP contribution in [0.25, 0.3) is 10.9 Å². The number of nitrogens with one attached hydrogen (secondary N) is 1. The highest BCUT2D eigenvalue weighted by Gasteiger charge is 2.37. The van der Waals surface area contributed by atoms with Gasteiger partial charge in [0.15, 0.2) is 11.5 Å². The molecule has 0 aliphatic carbocycles. The minimum atomic E-state index is -4.85. The van der Waals surface area contributed by atoms with Crippen LogP contribution in [0.5, 0.6) is 28.7 Å². The summed E-state index contributed by atoms with van der Waals surface area (Å²) in [5, 5.41) is 0.618. The average molecular weight is 535 g/mol. The van der Waals surface area contributed by atoms with Crippen molar-refractivity contribution in [3.63, 3.8) is 0 Å². The number of sulfonamides is 1. The number of anilines is 1. The van der Waals surface area contributed by atoms with Gasteiger partial charge in [0.1, 0.15) is 17.2 Å². The smallest absolute Gasteiger partial charge is 0.417 e. The van der Waals surface area contributed by atoms with Gasteiger partial charge in [-0.1, -0.05) is 12.1 Å². The quantitative estimate of drug-likeness (QED) is 0.302. The number of pyridine rings is 1. The molecule has 37 heavy (non-hydrogen) atoms. The van der Waals surface area contributed by atoms with Gasteiger partial charge in [0, 0.05) is 23.7 Å². The van der Waals surface area contributed by atoms with E-state index in [1.807, 2.05) is 0 Å². The van der Waals surface area contributed by atoms with Crippen molar-refractivity contribution in [2.45, 2.75) is 11.1 Å². The molecule has 0 unspecified atom stereocenters. The predicted octanol–water partition coefficient (Wildman–Crippen LogP) is 5.87. The van der Waals surface area contributed by atoms with Crippen LogP contribution in [0.4, 0.5) is 18.9 Å². The van der Waals surface area contributed by atoms with Crippen molar-refractivity contribution < 1.29 is 40.5 Å². The Morgan fingerprint density at radius 1 is 0.811 bits per heavy atom. The van der Waals surface area contributed by atoms with Gasteiger partial charge in [0.05, 0.1) is 43.0 Å². The first kappa shape index (κ1) is 25.9. The van der Waals surface area contributed by atoms with E-state index in [2.05, 4.69) is 9.71 Å². The third-order valence-electron chi connectivity index (χ3n) is 5.33. The van der Waals surface area contributed by atoms with Crippen molar-refractivity contribution in [2.24, 2.45) is 0 Å². The average Bonchev–Trinajstić information content (AvgIpc) is 2.88. The van der Waals surface area contributed by atoms with Gasteiger partial charge >= 0.3 is 6.18 Å². The van der Waals surface area contributed by atoms with Crippen molar-refractivity contribution in [3.8, 4) is 28.7 Å². The second-order valence-corrected chi connectivity index (χ2v) is 9.25. The minimum Gasteiger partial charge on any atom is -0.494 e. The topological polar surface area (TPSA) is 96.0 Å². The molecule has 8 nitrogen and oxygen atoms in total. The van der Waals surface area contributed by atoms with Gasteiger partial charge < -0.3 is 18.9 Å². The van der Waals surface area contributed by atoms with Crippen LogP contribution >= 0.6 is 0 Å². The van der Waals surface area contributed by atoms with Gasteiger partial charge in [-0.25, -0.2) is 8.42 Å². The molecule has 194 valence electrons. The molecule has 0 saturated carbocycles. The Balaban J connectivity index is 1.67. The molecule has 12 heteroatoms. The fourth-order valence-corrected chi connectivity index (χ4v) is 4.92. The van der Waals surface area contributed by atoms with Crippen LogP contribution in [0, 0.1) is 0 Å². The molecular weight excluding hydrogens is 513 g/mol. The third kappa shape index (κ3) is 5.33. The van der Waals surface area contributed by atoms with E-state index in [1.54, 1.807) is 24.4 Å². The van der Waals surface area contributed by atoms with Gasteiger partial charge in [0.2, 0.25) is 0 Å². The normalized spacial score (nSPS) is 11.7. The summed E-state index contributed by atoms with van der Waals surface area (Å²) in [5.74, 6) is 1.68. The molecule has 0 spiro atoms. The number of hydrogen-bond donors (Lipinski definition) is 1. The second-order valence-electron chi connectivity index (χ2n) is 7.60. The van der Waals surface area contributed by atoms with E-state index in [-0.39, 0.29) is 17.2 Å². The largest absolute Gasteiger partial charge is 0.494 e. The molecule has 1 heterocycles. The number of ether oxygens (including phenoxy) is 4. The Labute approximate surface area is 210 Å². The van der Waals surface area contributed by atoms with Crippen molar-refractivity contribution in [1.82, 2.24) is 4.98 Å². The fourth-order valence-electron chi connectivity index (χ4n) is 3.62. The molecule has 0 amide bonds. The number of hydrogen-bond acceptors (Lipinski definition) is 7. The SMILES string of the molecule is COc1cc(Oc2ccnc3cc(OC)c(OC)cc23)ccc1NS(=O)(=O)c1ccccc1C(F)(F)F. The van der Waals surface area contributed by atoms with Crippen LogP contribution < -0.4 is 23.7 Å². The lowest BCUT2D eigenvalue weighted by Crippen LogP contribution is -2.19. The van der Waals surface area contributed by atoms with E-state index in [0.29, 0.717) is 34.2 Å². The second kappa shape index (κ2) is 10.1. The van der Waals surface area contributed by atoms with Gasteiger partial charge in [-0.2, -0.15) is 13.2 Å². The minimum absolute atomic E-state index is 0.0307. The zero-order chi connectivity index (χ0) is 26.8. The maximum Gasteiger partial charge on any atom is 0.417 e. The number of benzene rings is 3. The molecule has 3 aromatic carbocycles. The number of alkyl halides is 3. The van der Waals surface area contributed by atoms with Gasteiger partial charge in [-0.3, -0.25) is 9.71 Å². The summed E-state index contributed by atoms with van der Waals surface area (Å²) in [6.07, 6.45) is -3.31. The van der Waals surface area contributed by atoms with Crippen LogP contribution in [0.3, 0.4) is 0 Å². The Hall–Kier alpha value is -4.19. The van der Waals surface area contributed by atoms with Gasteiger partial charge in [-0.15, -0.1) is 0 Å². The van der Waals surface area contributed by atoms with Crippen LogP contribution in [0.1, 0.15) is 5.56 Å². The number of halogens is 3.